The molecule has 0 radical (unpaired) electrons. The minimum atomic E-state index is -1.07. The number of nitrogens with zero attached hydrogens (tertiary/aromatic N) is 1. The third-order valence-corrected chi connectivity index (χ3v) is 3.28. The number of carbonyl (C=O) groups is 1. The number of hydrazone groups is 1. The molecule has 0 unspecified atom stereocenters. The van der Waals surface area contributed by atoms with Crippen LogP contribution < -0.4 is 5.43 Å². The molecule has 0 fully saturated rings. The van der Waals surface area contributed by atoms with Crippen molar-refractivity contribution in [1.82, 2.24) is 0 Å². The Morgan fingerprint density at radius 3 is 2.80 bits per heavy atom. The highest BCUT2D eigenvalue weighted by Crippen LogP contribution is 2.20. The molecule has 2 rings (SSSR count). The fourth-order valence-electron chi connectivity index (χ4n) is 1.53. The van der Waals surface area contributed by atoms with E-state index < -0.39 is 5.97 Å². The van der Waals surface area contributed by atoms with Gasteiger partial charge in [0.15, 0.2) is 0 Å². The molecule has 0 aliphatic heterocycles. The van der Waals surface area contributed by atoms with Gasteiger partial charge in [0.05, 0.1) is 22.5 Å². The Morgan fingerprint density at radius 2 is 2.10 bits per heavy atom. The Kier molecular flexibility index (Phi) is 4.76. The first-order chi connectivity index (χ1) is 9.56. The lowest BCUT2D eigenvalue weighted by Gasteiger charge is -2.03. The lowest BCUT2D eigenvalue weighted by atomic mass is 10.2. The monoisotopic (exact) mass is 352 g/mol. The van der Waals surface area contributed by atoms with E-state index in [2.05, 4.69) is 26.5 Å². The predicted molar refractivity (Wildman–Crippen MR) is 83.8 cm³/mol. The number of nitrogens with one attached hydrogen (secondary N) is 1. The van der Waals surface area contributed by atoms with E-state index in [1.54, 1.807) is 12.3 Å². The first-order valence-electron chi connectivity index (χ1n) is 5.64. The molecule has 4 nitrogen and oxygen atoms in total. The molecule has 0 heterocycles. The molecule has 0 aromatic heterocycles. The zero-order valence-electron chi connectivity index (χ0n) is 10.2. The van der Waals surface area contributed by atoms with Crippen LogP contribution in [0.5, 0.6) is 0 Å². The smallest absolute Gasteiger partial charge is 0.337 e. The molecule has 0 aliphatic rings. The van der Waals surface area contributed by atoms with Gasteiger partial charge < -0.3 is 5.11 Å². The molecule has 0 spiro atoms. The Hall–Kier alpha value is -1.85. The van der Waals surface area contributed by atoms with Gasteiger partial charge in [0.25, 0.3) is 0 Å². The van der Waals surface area contributed by atoms with E-state index in [4.69, 9.17) is 16.7 Å². The molecule has 6 heteroatoms. The van der Waals surface area contributed by atoms with Crippen LogP contribution in [-0.2, 0) is 0 Å². The molecule has 0 amide bonds. The summed E-state index contributed by atoms with van der Waals surface area (Å²) in [6.07, 6.45) is 1.64. The van der Waals surface area contributed by atoms with Crippen molar-refractivity contribution < 1.29 is 9.90 Å². The van der Waals surface area contributed by atoms with E-state index >= 15 is 0 Å². The van der Waals surface area contributed by atoms with Crippen LogP contribution in [0.4, 0.5) is 5.69 Å². The van der Waals surface area contributed by atoms with Gasteiger partial charge in [-0.2, -0.15) is 5.10 Å². The summed E-state index contributed by atoms with van der Waals surface area (Å²) >= 11 is 9.16. The van der Waals surface area contributed by atoms with Crippen LogP contribution in [-0.4, -0.2) is 17.3 Å². The Morgan fingerprint density at radius 1 is 1.30 bits per heavy atom. The summed E-state index contributed by atoms with van der Waals surface area (Å²) < 4.78 is 0.959. The maximum Gasteiger partial charge on any atom is 0.337 e. The molecule has 0 atom stereocenters. The van der Waals surface area contributed by atoms with Crippen molar-refractivity contribution in [2.75, 3.05) is 5.43 Å². The quantitative estimate of drug-likeness (QED) is 0.638. The van der Waals surface area contributed by atoms with Crippen LogP contribution in [0.25, 0.3) is 0 Å². The number of aromatic carboxylic acids is 1. The van der Waals surface area contributed by atoms with Crippen LogP contribution in [0.1, 0.15) is 15.9 Å². The number of halogens is 2. The topological polar surface area (TPSA) is 61.7 Å². The van der Waals surface area contributed by atoms with Crippen molar-refractivity contribution in [2.24, 2.45) is 5.10 Å². The van der Waals surface area contributed by atoms with E-state index in [0.717, 1.165) is 10.0 Å². The highest BCUT2D eigenvalue weighted by atomic mass is 79.9. The summed E-state index contributed by atoms with van der Waals surface area (Å²) in [5, 5.41) is 13.2. The fraction of sp³-hybridized carbons (Fsp3) is 0. The molecule has 0 aliphatic carbocycles. The maximum atomic E-state index is 11.0. The third kappa shape index (κ3) is 3.82. The van der Waals surface area contributed by atoms with Crippen LogP contribution in [0.2, 0.25) is 5.02 Å². The second-order valence-electron chi connectivity index (χ2n) is 3.92. The Labute approximate surface area is 129 Å². The third-order valence-electron chi connectivity index (χ3n) is 2.45. The highest BCUT2D eigenvalue weighted by Gasteiger charge is 2.08. The molecular weight excluding hydrogens is 344 g/mol. The average Bonchev–Trinajstić information content (AvgIpc) is 2.40. The van der Waals surface area contributed by atoms with E-state index in [1.165, 1.54) is 12.1 Å². The standard InChI is InChI=1S/C14H10BrClN2O2/c15-10-3-1-2-9(6-10)8-17-18-11-4-5-13(16)12(7-11)14(19)20/h1-8,18H,(H,19,20). The predicted octanol–water partition coefficient (Wildman–Crippen LogP) is 4.25. The number of anilines is 1. The van der Waals surface area contributed by atoms with Gasteiger partial charge in [0.1, 0.15) is 0 Å². The van der Waals surface area contributed by atoms with Gasteiger partial charge in [-0.15, -0.1) is 0 Å². The average molecular weight is 354 g/mol. The first-order valence-corrected chi connectivity index (χ1v) is 6.81. The molecule has 102 valence electrons. The van der Waals surface area contributed by atoms with E-state index in [0.29, 0.717) is 5.69 Å². The number of hydrogen-bond acceptors (Lipinski definition) is 3. The number of benzene rings is 2. The van der Waals surface area contributed by atoms with Gasteiger partial charge in [0.2, 0.25) is 0 Å². The molecule has 2 aromatic rings. The van der Waals surface area contributed by atoms with E-state index in [-0.39, 0.29) is 10.6 Å². The lowest BCUT2D eigenvalue weighted by molar-refractivity contribution is 0.0697. The fourth-order valence-corrected chi connectivity index (χ4v) is 2.14. The Bertz CT molecular complexity index is 674. The summed E-state index contributed by atoms with van der Waals surface area (Å²) in [6.45, 7) is 0. The SMILES string of the molecule is O=C(O)c1cc(NN=Cc2cccc(Br)c2)ccc1Cl. The van der Waals surface area contributed by atoms with Gasteiger partial charge in [-0.1, -0.05) is 39.7 Å². The van der Waals surface area contributed by atoms with Crippen molar-refractivity contribution >= 4 is 45.4 Å². The maximum absolute atomic E-state index is 11.0. The van der Waals surface area contributed by atoms with Gasteiger partial charge >= 0.3 is 5.97 Å². The van der Waals surface area contributed by atoms with Crippen LogP contribution in [0, 0.1) is 0 Å². The number of hydrogen-bond donors (Lipinski definition) is 2. The summed E-state index contributed by atoms with van der Waals surface area (Å²) in [4.78, 5) is 11.0. The zero-order chi connectivity index (χ0) is 14.5. The minimum absolute atomic E-state index is 0.0364. The number of carboxylic acid groups (broad SMARTS) is 1. The van der Waals surface area contributed by atoms with E-state index in [1.807, 2.05) is 24.3 Å². The Balaban J connectivity index is 2.11. The summed E-state index contributed by atoms with van der Waals surface area (Å²) in [5.41, 5.74) is 4.27. The van der Waals surface area contributed by atoms with Crippen molar-refractivity contribution in [3.8, 4) is 0 Å². The van der Waals surface area contributed by atoms with Crippen molar-refractivity contribution in [3.63, 3.8) is 0 Å². The molecule has 0 saturated heterocycles. The van der Waals surface area contributed by atoms with Crippen molar-refractivity contribution in [3.05, 3.63) is 63.1 Å². The van der Waals surface area contributed by atoms with Crippen LogP contribution in [0.15, 0.2) is 52.0 Å². The van der Waals surface area contributed by atoms with Crippen molar-refractivity contribution in [1.29, 1.82) is 0 Å². The van der Waals surface area contributed by atoms with Gasteiger partial charge in [0, 0.05) is 4.47 Å². The summed E-state index contributed by atoms with van der Waals surface area (Å²) in [7, 11) is 0. The minimum Gasteiger partial charge on any atom is -0.478 e. The largest absolute Gasteiger partial charge is 0.478 e. The first kappa shape index (κ1) is 14.6. The van der Waals surface area contributed by atoms with Crippen LogP contribution in [0.3, 0.4) is 0 Å². The molecular formula is C14H10BrClN2O2. The summed E-state index contributed by atoms with van der Waals surface area (Å²) in [6, 6.07) is 12.2. The molecule has 20 heavy (non-hydrogen) atoms. The molecule has 0 saturated carbocycles. The summed E-state index contributed by atoms with van der Waals surface area (Å²) in [5.74, 6) is -1.07. The van der Waals surface area contributed by atoms with Gasteiger partial charge in [-0.3, -0.25) is 5.43 Å². The van der Waals surface area contributed by atoms with Gasteiger partial charge in [-0.25, -0.2) is 4.79 Å². The molecule has 2 aromatic carbocycles. The second-order valence-corrected chi connectivity index (χ2v) is 5.25. The number of carboxylic acids is 1. The van der Waals surface area contributed by atoms with Crippen molar-refractivity contribution in [2.45, 2.75) is 0 Å². The normalized spacial score (nSPS) is 10.7. The second kappa shape index (κ2) is 6.54. The van der Waals surface area contributed by atoms with Gasteiger partial charge in [-0.05, 0) is 35.9 Å². The molecule has 0 bridgehead atoms. The zero-order valence-corrected chi connectivity index (χ0v) is 12.5. The highest BCUT2D eigenvalue weighted by molar-refractivity contribution is 9.10. The number of rotatable bonds is 4. The molecule has 2 N–H and O–H groups in total. The van der Waals surface area contributed by atoms with E-state index in [9.17, 15) is 4.79 Å². The lowest BCUT2D eigenvalue weighted by Crippen LogP contribution is -1.99. The van der Waals surface area contributed by atoms with Crippen LogP contribution >= 0.6 is 27.5 Å².